The zero-order valence-corrected chi connectivity index (χ0v) is 47.2. The van der Waals surface area contributed by atoms with Crippen molar-refractivity contribution >= 4 is 17.9 Å². The minimum atomic E-state index is -0.810. The van der Waals surface area contributed by atoms with E-state index in [0.29, 0.717) is 19.3 Å². The van der Waals surface area contributed by atoms with Crippen molar-refractivity contribution in [2.24, 2.45) is 0 Å². The van der Waals surface area contributed by atoms with Gasteiger partial charge in [-0.1, -0.05) is 253 Å². The first-order valence-corrected chi connectivity index (χ1v) is 30.2. The fourth-order valence-corrected chi connectivity index (χ4v) is 8.28. The summed E-state index contributed by atoms with van der Waals surface area (Å²) in [7, 11) is 0. The van der Waals surface area contributed by atoms with Crippen LogP contribution < -0.4 is 0 Å². The Morgan fingerprint density at radius 1 is 0.292 bits per heavy atom. The highest BCUT2D eigenvalue weighted by Gasteiger charge is 2.19. The molecule has 0 aromatic carbocycles. The minimum Gasteiger partial charge on any atom is -0.462 e. The highest BCUT2D eigenvalue weighted by Crippen LogP contribution is 2.16. The number of hydrogen-bond acceptors (Lipinski definition) is 6. The Balaban J connectivity index is 4.26. The van der Waals surface area contributed by atoms with Gasteiger partial charge in [-0.15, -0.1) is 0 Å². The average molecular weight is 1000 g/mol. The lowest BCUT2D eigenvalue weighted by atomic mass is 10.0. The second-order valence-corrected chi connectivity index (χ2v) is 19.9. The lowest BCUT2D eigenvalue weighted by Gasteiger charge is -2.18. The van der Waals surface area contributed by atoms with Crippen molar-refractivity contribution in [1.29, 1.82) is 0 Å². The molecule has 0 aliphatic heterocycles. The van der Waals surface area contributed by atoms with Gasteiger partial charge in [-0.25, -0.2) is 0 Å². The lowest BCUT2D eigenvalue weighted by molar-refractivity contribution is -0.167. The number of rotatable bonds is 54. The molecule has 1 unspecified atom stereocenters. The predicted molar refractivity (Wildman–Crippen MR) is 311 cm³/mol. The molecule has 0 spiro atoms. The summed E-state index contributed by atoms with van der Waals surface area (Å²) in [6, 6.07) is 0. The van der Waals surface area contributed by atoms with Gasteiger partial charge >= 0.3 is 17.9 Å². The van der Waals surface area contributed by atoms with Crippen LogP contribution >= 0.6 is 0 Å². The van der Waals surface area contributed by atoms with Crippen LogP contribution in [0.25, 0.3) is 0 Å². The van der Waals surface area contributed by atoms with Crippen LogP contribution in [0, 0.1) is 0 Å². The van der Waals surface area contributed by atoms with E-state index in [1.807, 2.05) is 0 Å². The molecular formula is C66H112O6. The van der Waals surface area contributed by atoms with E-state index in [-0.39, 0.29) is 37.5 Å². The molecule has 0 aromatic heterocycles. The van der Waals surface area contributed by atoms with E-state index >= 15 is 0 Å². The molecule has 0 aliphatic carbocycles. The number of hydrogen-bond donors (Lipinski definition) is 0. The molecule has 0 saturated carbocycles. The summed E-state index contributed by atoms with van der Waals surface area (Å²) in [5.41, 5.74) is 0. The Morgan fingerprint density at radius 2 is 0.583 bits per heavy atom. The molecule has 6 nitrogen and oxygen atoms in total. The standard InChI is InChI=1S/C66H112O6/c1-4-7-10-13-16-19-22-24-26-28-29-30-31-32-33-34-35-36-37-39-40-42-44-47-50-53-56-59-65(68)71-62-63(61-70-64(67)58-55-52-49-46-21-18-15-12-9-6-3)72-66(69)60-57-54-51-48-45-43-41-38-27-25-23-20-17-14-11-8-5-2/h8,11-12,15,17,20,22,24-25,27-29,41,43,48,51,63H,4-7,9-10,13-14,16,18-19,21,23,26,30-40,42,44-47,49-50,52-62H2,1-3H3/b11-8-,15-12-,20-17-,24-22-,27-25-,29-28-,43-41-,51-48-. The molecular weight excluding hydrogens is 889 g/mol. The van der Waals surface area contributed by atoms with Crippen molar-refractivity contribution < 1.29 is 28.6 Å². The van der Waals surface area contributed by atoms with Gasteiger partial charge in [-0.05, 0) is 109 Å². The Kier molecular flexibility index (Phi) is 56.8. The van der Waals surface area contributed by atoms with Crippen molar-refractivity contribution in [1.82, 2.24) is 0 Å². The third kappa shape index (κ3) is 57.2. The maximum atomic E-state index is 12.8. The van der Waals surface area contributed by atoms with Crippen LogP contribution in [0.4, 0.5) is 0 Å². The van der Waals surface area contributed by atoms with Crippen molar-refractivity contribution in [3.63, 3.8) is 0 Å². The maximum Gasteiger partial charge on any atom is 0.306 e. The first kappa shape index (κ1) is 68.3. The Morgan fingerprint density at radius 3 is 0.958 bits per heavy atom. The second-order valence-electron chi connectivity index (χ2n) is 19.9. The number of carbonyl (C=O) groups excluding carboxylic acids is 3. The van der Waals surface area contributed by atoms with Crippen LogP contribution in [0.1, 0.15) is 284 Å². The van der Waals surface area contributed by atoms with Crippen LogP contribution in [0.2, 0.25) is 0 Å². The van der Waals surface area contributed by atoms with Crippen molar-refractivity contribution in [3.8, 4) is 0 Å². The molecule has 0 aliphatic rings. The molecule has 0 bridgehead atoms. The van der Waals surface area contributed by atoms with Gasteiger partial charge in [-0.2, -0.15) is 0 Å². The highest BCUT2D eigenvalue weighted by atomic mass is 16.6. The molecule has 72 heavy (non-hydrogen) atoms. The largest absolute Gasteiger partial charge is 0.462 e. The van der Waals surface area contributed by atoms with E-state index in [2.05, 4.69) is 118 Å². The molecule has 6 heteroatoms. The van der Waals surface area contributed by atoms with Gasteiger partial charge in [0.05, 0.1) is 0 Å². The van der Waals surface area contributed by atoms with Crippen LogP contribution in [-0.4, -0.2) is 37.2 Å². The number of unbranched alkanes of at least 4 members (excludes halogenated alkanes) is 27. The quantitative estimate of drug-likeness (QED) is 0.0261. The maximum absolute atomic E-state index is 12.8. The van der Waals surface area contributed by atoms with E-state index in [1.165, 1.54) is 135 Å². The highest BCUT2D eigenvalue weighted by molar-refractivity contribution is 5.71. The second kappa shape index (κ2) is 59.9. The Bertz CT molecular complexity index is 1430. The summed E-state index contributed by atoms with van der Waals surface area (Å²) >= 11 is 0. The topological polar surface area (TPSA) is 78.9 Å². The molecule has 0 heterocycles. The van der Waals surface area contributed by atoms with Crippen LogP contribution in [0.15, 0.2) is 97.2 Å². The van der Waals surface area contributed by atoms with Gasteiger partial charge in [0, 0.05) is 19.3 Å². The molecule has 0 N–H and O–H groups in total. The van der Waals surface area contributed by atoms with E-state index < -0.39 is 6.10 Å². The van der Waals surface area contributed by atoms with Gasteiger partial charge in [0.15, 0.2) is 6.10 Å². The normalized spacial score (nSPS) is 12.8. The summed E-state index contributed by atoms with van der Waals surface area (Å²) in [5.74, 6) is -0.969. The van der Waals surface area contributed by atoms with E-state index in [1.54, 1.807) is 0 Å². The van der Waals surface area contributed by atoms with Gasteiger partial charge in [0.25, 0.3) is 0 Å². The predicted octanol–water partition coefficient (Wildman–Crippen LogP) is 20.5. The first-order chi connectivity index (χ1) is 35.5. The van der Waals surface area contributed by atoms with Crippen molar-refractivity contribution in [3.05, 3.63) is 97.2 Å². The first-order valence-electron chi connectivity index (χ1n) is 30.2. The zero-order valence-electron chi connectivity index (χ0n) is 47.2. The van der Waals surface area contributed by atoms with Gasteiger partial charge in [-0.3, -0.25) is 14.4 Å². The smallest absolute Gasteiger partial charge is 0.306 e. The van der Waals surface area contributed by atoms with Gasteiger partial charge in [0.2, 0.25) is 0 Å². The average Bonchev–Trinajstić information content (AvgIpc) is 3.38. The van der Waals surface area contributed by atoms with Gasteiger partial charge < -0.3 is 14.2 Å². The Labute approximate surface area is 445 Å². The summed E-state index contributed by atoms with van der Waals surface area (Å²) in [6.07, 6.45) is 80.0. The summed E-state index contributed by atoms with van der Waals surface area (Å²) in [4.78, 5) is 38.1. The van der Waals surface area contributed by atoms with Crippen LogP contribution in [-0.2, 0) is 28.6 Å². The summed E-state index contributed by atoms with van der Waals surface area (Å²) < 4.78 is 16.8. The molecule has 0 aromatic rings. The monoisotopic (exact) mass is 1000 g/mol. The van der Waals surface area contributed by atoms with Crippen molar-refractivity contribution in [2.75, 3.05) is 13.2 Å². The van der Waals surface area contributed by atoms with Gasteiger partial charge in [0.1, 0.15) is 13.2 Å². The molecule has 0 rings (SSSR count). The van der Waals surface area contributed by atoms with Crippen molar-refractivity contribution in [2.45, 2.75) is 290 Å². The molecule has 0 amide bonds. The number of esters is 3. The number of allylic oxidation sites excluding steroid dienone is 16. The Hall–Kier alpha value is -3.67. The lowest BCUT2D eigenvalue weighted by Crippen LogP contribution is -2.30. The SMILES string of the molecule is CC/C=C\C/C=C\C/C=C\C/C=C\C/C=C\CCCC(=O)OC(COC(=O)CCCCCCC/C=C\CCC)COC(=O)CCCCCCCCCCCCCCCCC/C=C\C/C=C\CCCCCCC. The number of carbonyl (C=O) groups is 3. The summed E-state index contributed by atoms with van der Waals surface area (Å²) in [5, 5.41) is 0. The van der Waals surface area contributed by atoms with E-state index in [0.717, 1.165) is 103 Å². The fraction of sp³-hybridized carbons (Fsp3) is 0.712. The molecule has 1 atom stereocenters. The molecule has 0 radical (unpaired) electrons. The van der Waals surface area contributed by atoms with Crippen LogP contribution in [0.3, 0.4) is 0 Å². The zero-order chi connectivity index (χ0) is 52.2. The van der Waals surface area contributed by atoms with E-state index in [4.69, 9.17) is 14.2 Å². The fourth-order valence-electron chi connectivity index (χ4n) is 8.28. The molecule has 0 saturated heterocycles. The third-order valence-electron chi connectivity index (χ3n) is 12.8. The third-order valence-corrected chi connectivity index (χ3v) is 12.8. The summed E-state index contributed by atoms with van der Waals surface area (Å²) in [6.45, 7) is 6.41. The minimum absolute atomic E-state index is 0.102. The van der Waals surface area contributed by atoms with Crippen LogP contribution in [0.5, 0.6) is 0 Å². The molecule has 0 fully saturated rings. The number of ether oxygens (including phenoxy) is 3. The van der Waals surface area contributed by atoms with E-state index in [9.17, 15) is 14.4 Å². The molecule has 412 valence electrons.